The summed E-state index contributed by atoms with van der Waals surface area (Å²) >= 11 is 0. The first-order valence-electron chi connectivity index (χ1n) is 4.12. The van der Waals surface area contributed by atoms with E-state index < -0.39 is 7.12 Å². The number of fused-ring (bicyclic) bond motifs is 1. The number of aromatic hydroxyl groups is 1. The van der Waals surface area contributed by atoms with Crippen LogP contribution in [0.1, 0.15) is 0 Å². The second-order valence-corrected chi connectivity index (χ2v) is 3.00. The SMILES string of the molecule is OB(O)c1ccc2ccc(O)nc2c1. The Balaban J connectivity index is 2.63. The lowest BCUT2D eigenvalue weighted by molar-refractivity contribution is 0.425. The maximum absolute atomic E-state index is 9.12. The van der Waals surface area contributed by atoms with Crippen molar-refractivity contribution >= 4 is 23.5 Å². The van der Waals surface area contributed by atoms with Gasteiger partial charge in [0, 0.05) is 11.5 Å². The summed E-state index contributed by atoms with van der Waals surface area (Å²) < 4.78 is 0. The van der Waals surface area contributed by atoms with Crippen molar-refractivity contribution in [2.24, 2.45) is 0 Å². The minimum atomic E-state index is -1.51. The Kier molecular flexibility index (Phi) is 2.11. The van der Waals surface area contributed by atoms with Crippen molar-refractivity contribution in [3.05, 3.63) is 30.3 Å². The molecular weight excluding hydrogens is 181 g/mol. The molecule has 5 heteroatoms. The Labute approximate surface area is 80.6 Å². The highest BCUT2D eigenvalue weighted by Gasteiger charge is 2.11. The van der Waals surface area contributed by atoms with E-state index in [0.29, 0.717) is 11.0 Å². The highest BCUT2D eigenvalue weighted by atomic mass is 16.4. The van der Waals surface area contributed by atoms with Crippen LogP contribution in [0.4, 0.5) is 0 Å². The number of hydrogen-bond donors (Lipinski definition) is 3. The van der Waals surface area contributed by atoms with Crippen LogP contribution in [0.2, 0.25) is 0 Å². The summed E-state index contributed by atoms with van der Waals surface area (Å²) in [6.45, 7) is 0. The molecular formula is C9H8BNO3. The van der Waals surface area contributed by atoms with Crippen LogP contribution in [-0.2, 0) is 0 Å². The first-order chi connectivity index (χ1) is 6.66. The number of pyridine rings is 1. The highest BCUT2D eigenvalue weighted by molar-refractivity contribution is 6.58. The molecule has 2 aromatic rings. The van der Waals surface area contributed by atoms with E-state index in [1.807, 2.05) is 0 Å². The van der Waals surface area contributed by atoms with Gasteiger partial charge in [-0.15, -0.1) is 0 Å². The van der Waals surface area contributed by atoms with Crippen LogP contribution in [0.25, 0.3) is 10.9 Å². The molecule has 0 aliphatic rings. The molecule has 0 bridgehead atoms. The van der Waals surface area contributed by atoms with Crippen molar-refractivity contribution in [2.75, 3.05) is 0 Å². The minimum Gasteiger partial charge on any atom is -0.493 e. The lowest BCUT2D eigenvalue weighted by Crippen LogP contribution is -2.29. The predicted octanol–water partition coefficient (Wildman–Crippen LogP) is -0.380. The zero-order valence-electron chi connectivity index (χ0n) is 7.25. The molecule has 4 nitrogen and oxygen atoms in total. The number of aromatic nitrogens is 1. The van der Waals surface area contributed by atoms with Crippen molar-refractivity contribution in [1.29, 1.82) is 0 Å². The van der Waals surface area contributed by atoms with Crippen LogP contribution in [0.5, 0.6) is 5.88 Å². The molecule has 0 saturated carbocycles. The summed E-state index contributed by atoms with van der Waals surface area (Å²) in [6.07, 6.45) is 0. The van der Waals surface area contributed by atoms with Crippen molar-refractivity contribution in [2.45, 2.75) is 0 Å². The molecule has 0 fully saturated rings. The summed E-state index contributed by atoms with van der Waals surface area (Å²) in [6, 6.07) is 8.05. The molecule has 0 spiro atoms. The molecule has 2 rings (SSSR count). The zero-order valence-corrected chi connectivity index (χ0v) is 7.25. The number of benzene rings is 1. The van der Waals surface area contributed by atoms with Crippen LogP contribution in [0, 0.1) is 0 Å². The fourth-order valence-electron chi connectivity index (χ4n) is 1.28. The summed E-state index contributed by atoms with van der Waals surface area (Å²) in [5, 5.41) is 27.8. The van der Waals surface area contributed by atoms with Gasteiger partial charge in [-0.05, 0) is 17.6 Å². The lowest BCUT2D eigenvalue weighted by atomic mass is 9.80. The fraction of sp³-hybridized carbons (Fsp3) is 0. The standard InChI is InChI=1S/C9H8BNO3/c12-9-4-2-6-1-3-7(10(13)14)5-8(6)11-9/h1-5,13-14H,(H,11,12). The van der Waals surface area contributed by atoms with Gasteiger partial charge in [-0.3, -0.25) is 0 Å². The maximum atomic E-state index is 9.12. The summed E-state index contributed by atoms with van der Waals surface area (Å²) in [5.41, 5.74) is 0.895. The topological polar surface area (TPSA) is 73.6 Å². The van der Waals surface area contributed by atoms with Crippen molar-refractivity contribution < 1.29 is 15.2 Å². The fourth-order valence-corrected chi connectivity index (χ4v) is 1.28. The third kappa shape index (κ3) is 1.55. The minimum absolute atomic E-state index is 0.0814. The predicted molar refractivity (Wildman–Crippen MR) is 53.2 cm³/mol. The van der Waals surface area contributed by atoms with E-state index >= 15 is 0 Å². The Hall–Kier alpha value is -1.59. The van der Waals surface area contributed by atoms with Crippen molar-refractivity contribution in [3.8, 4) is 5.88 Å². The average molecular weight is 189 g/mol. The monoisotopic (exact) mass is 189 g/mol. The Bertz CT molecular complexity index is 473. The van der Waals surface area contributed by atoms with Crippen LogP contribution in [0.15, 0.2) is 30.3 Å². The molecule has 0 radical (unpaired) electrons. The van der Waals surface area contributed by atoms with Gasteiger partial charge in [0.25, 0.3) is 0 Å². The molecule has 70 valence electrons. The summed E-state index contributed by atoms with van der Waals surface area (Å²) in [7, 11) is -1.51. The van der Waals surface area contributed by atoms with Gasteiger partial charge < -0.3 is 15.2 Å². The van der Waals surface area contributed by atoms with E-state index in [1.54, 1.807) is 18.2 Å². The number of hydrogen-bond acceptors (Lipinski definition) is 4. The molecule has 0 atom stereocenters. The number of nitrogens with zero attached hydrogens (tertiary/aromatic N) is 1. The molecule has 0 amide bonds. The smallest absolute Gasteiger partial charge is 0.488 e. The van der Waals surface area contributed by atoms with Gasteiger partial charge in [-0.1, -0.05) is 12.1 Å². The molecule has 1 aromatic carbocycles. The van der Waals surface area contributed by atoms with Gasteiger partial charge in [0.05, 0.1) is 5.52 Å². The maximum Gasteiger partial charge on any atom is 0.488 e. The molecule has 0 aliphatic carbocycles. The van der Waals surface area contributed by atoms with Crippen LogP contribution >= 0.6 is 0 Å². The summed E-state index contributed by atoms with van der Waals surface area (Å²) in [4.78, 5) is 3.85. The van der Waals surface area contributed by atoms with Gasteiger partial charge in [-0.25, -0.2) is 4.98 Å². The van der Waals surface area contributed by atoms with E-state index in [4.69, 9.17) is 15.2 Å². The molecule has 1 heterocycles. The lowest BCUT2D eigenvalue weighted by Gasteiger charge is -2.01. The highest BCUT2D eigenvalue weighted by Crippen LogP contribution is 2.13. The Morgan fingerprint density at radius 3 is 2.50 bits per heavy atom. The van der Waals surface area contributed by atoms with Crippen molar-refractivity contribution in [1.82, 2.24) is 4.98 Å². The second-order valence-electron chi connectivity index (χ2n) is 3.00. The average Bonchev–Trinajstić information content (AvgIpc) is 2.16. The van der Waals surface area contributed by atoms with E-state index in [1.165, 1.54) is 12.1 Å². The quantitative estimate of drug-likeness (QED) is 0.534. The largest absolute Gasteiger partial charge is 0.493 e. The third-order valence-corrected chi connectivity index (χ3v) is 2.00. The molecule has 0 unspecified atom stereocenters. The van der Waals surface area contributed by atoms with Gasteiger partial charge in [0.2, 0.25) is 5.88 Å². The third-order valence-electron chi connectivity index (χ3n) is 2.00. The summed E-state index contributed by atoms with van der Waals surface area (Å²) in [5.74, 6) is -0.0814. The Morgan fingerprint density at radius 2 is 1.79 bits per heavy atom. The van der Waals surface area contributed by atoms with Gasteiger partial charge >= 0.3 is 7.12 Å². The van der Waals surface area contributed by atoms with E-state index in [0.717, 1.165) is 5.39 Å². The molecule has 0 saturated heterocycles. The van der Waals surface area contributed by atoms with Crippen LogP contribution in [0.3, 0.4) is 0 Å². The molecule has 0 aliphatic heterocycles. The first kappa shape index (κ1) is 8.99. The molecule has 1 aromatic heterocycles. The molecule has 14 heavy (non-hydrogen) atoms. The Morgan fingerprint density at radius 1 is 1.07 bits per heavy atom. The number of rotatable bonds is 1. The van der Waals surface area contributed by atoms with Gasteiger partial charge in [0.15, 0.2) is 0 Å². The van der Waals surface area contributed by atoms with Gasteiger partial charge in [-0.2, -0.15) is 0 Å². The first-order valence-corrected chi connectivity index (χ1v) is 4.12. The normalized spacial score (nSPS) is 10.4. The van der Waals surface area contributed by atoms with E-state index in [-0.39, 0.29) is 5.88 Å². The zero-order chi connectivity index (χ0) is 10.1. The molecule has 3 N–H and O–H groups in total. The van der Waals surface area contributed by atoms with Crippen LogP contribution in [-0.4, -0.2) is 27.3 Å². The van der Waals surface area contributed by atoms with Crippen molar-refractivity contribution in [3.63, 3.8) is 0 Å². The van der Waals surface area contributed by atoms with E-state index in [2.05, 4.69) is 4.98 Å². The van der Waals surface area contributed by atoms with E-state index in [9.17, 15) is 0 Å². The van der Waals surface area contributed by atoms with Crippen LogP contribution < -0.4 is 5.46 Å². The van der Waals surface area contributed by atoms with Gasteiger partial charge in [0.1, 0.15) is 0 Å². The second kappa shape index (κ2) is 3.28.